The number of hydrogen-bond donors (Lipinski definition) is 3. The number of methoxy groups -OCH3 is 1. The van der Waals surface area contributed by atoms with E-state index >= 15 is 0 Å². The van der Waals surface area contributed by atoms with Gasteiger partial charge in [-0.3, -0.25) is 4.79 Å². The Bertz CT molecular complexity index is 477. The molecule has 0 heterocycles. The van der Waals surface area contributed by atoms with Gasteiger partial charge in [0.2, 0.25) is 0 Å². The van der Waals surface area contributed by atoms with Gasteiger partial charge in [0.25, 0.3) is 0 Å². The third kappa shape index (κ3) is 9.74. The largest absolute Gasteiger partial charge is 0.469 e. The number of hydrogen-bond acceptors (Lipinski definition) is 5. The maximum atomic E-state index is 11.1. The lowest BCUT2D eigenvalue weighted by Crippen LogP contribution is -2.19. The highest BCUT2D eigenvalue weighted by atomic mass is 35.5. The molecular formula is C21H35ClO5. The Morgan fingerprint density at radius 2 is 2.00 bits per heavy atom. The van der Waals surface area contributed by atoms with Gasteiger partial charge in [-0.1, -0.05) is 24.3 Å². The molecule has 1 aliphatic rings. The van der Waals surface area contributed by atoms with Gasteiger partial charge in [0.05, 0.1) is 25.4 Å². The van der Waals surface area contributed by atoms with Gasteiger partial charge in [0.1, 0.15) is 0 Å². The molecule has 0 aromatic rings. The van der Waals surface area contributed by atoms with Crippen molar-refractivity contribution < 1.29 is 24.9 Å². The Kier molecular flexibility index (Phi) is 11.9. The van der Waals surface area contributed by atoms with Crippen molar-refractivity contribution >= 4 is 17.6 Å². The number of aliphatic hydroxyl groups is 3. The number of aliphatic hydroxyl groups excluding tert-OH is 3. The van der Waals surface area contributed by atoms with Crippen molar-refractivity contribution in [1.29, 1.82) is 0 Å². The van der Waals surface area contributed by atoms with E-state index in [4.69, 9.17) is 11.6 Å². The van der Waals surface area contributed by atoms with Gasteiger partial charge in [0, 0.05) is 17.7 Å². The van der Waals surface area contributed by atoms with Crippen LogP contribution in [0, 0.1) is 11.8 Å². The van der Waals surface area contributed by atoms with E-state index in [1.165, 1.54) is 7.11 Å². The van der Waals surface area contributed by atoms with Crippen LogP contribution in [0.2, 0.25) is 0 Å². The summed E-state index contributed by atoms with van der Waals surface area (Å²) in [5.41, 5.74) is 0. The molecule has 27 heavy (non-hydrogen) atoms. The topological polar surface area (TPSA) is 87.0 Å². The zero-order valence-corrected chi connectivity index (χ0v) is 17.2. The number of allylic oxidation sites excluding steroid dienone is 2. The van der Waals surface area contributed by atoms with E-state index in [-0.39, 0.29) is 29.3 Å². The Balaban J connectivity index is 2.44. The zero-order valence-electron chi connectivity index (χ0n) is 16.5. The van der Waals surface area contributed by atoms with Crippen molar-refractivity contribution in [3.8, 4) is 0 Å². The molecule has 1 fully saturated rings. The molecular weight excluding hydrogens is 368 g/mol. The van der Waals surface area contributed by atoms with E-state index in [1.807, 2.05) is 12.2 Å². The fourth-order valence-corrected chi connectivity index (χ4v) is 3.93. The average Bonchev–Trinajstić information content (AvgIpc) is 2.88. The summed E-state index contributed by atoms with van der Waals surface area (Å²) in [6.45, 7) is 1.74. The van der Waals surface area contributed by atoms with Crippen molar-refractivity contribution in [2.75, 3.05) is 7.11 Å². The zero-order chi connectivity index (χ0) is 20.2. The molecule has 0 bridgehead atoms. The molecule has 5 nitrogen and oxygen atoms in total. The minimum Gasteiger partial charge on any atom is -0.469 e. The first-order chi connectivity index (χ1) is 12.8. The second-order valence-corrected chi connectivity index (χ2v) is 8.03. The first-order valence-electron chi connectivity index (χ1n) is 9.93. The summed E-state index contributed by atoms with van der Waals surface area (Å²) in [7, 11) is 1.39. The van der Waals surface area contributed by atoms with Gasteiger partial charge in [-0.2, -0.15) is 0 Å². The van der Waals surface area contributed by atoms with Crippen LogP contribution >= 0.6 is 11.6 Å². The molecule has 6 atom stereocenters. The summed E-state index contributed by atoms with van der Waals surface area (Å²) < 4.78 is 4.61. The second kappa shape index (κ2) is 13.3. The number of esters is 1. The lowest BCUT2D eigenvalue weighted by atomic mass is 9.90. The molecule has 156 valence electrons. The van der Waals surface area contributed by atoms with Crippen molar-refractivity contribution in [2.24, 2.45) is 11.8 Å². The molecule has 6 heteroatoms. The smallest absolute Gasteiger partial charge is 0.305 e. The van der Waals surface area contributed by atoms with Crippen LogP contribution in [0.3, 0.4) is 0 Å². The lowest BCUT2D eigenvalue weighted by Gasteiger charge is -2.19. The minimum atomic E-state index is -0.570. The van der Waals surface area contributed by atoms with Gasteiger partial charge >= 0.3 is 5.97 Å². The van der Waals surface area contributed by atoms with Gasteiger partial charge in [-0.25, -0.2) is 0 Å². The van der Waals surface area contributed by atoms with Crippen LogP contribution < -0.4 is 0 Å². The SMILES string of the molecule is COC(=O)CCC/C=C\C[C@@H]1[C@@H](/C=C/[C@@H](O)CCC[C@@H](C)O)[C@H](O)C[C@H]1Cl. The molecule has 0 amide bonds. The first kappa shape index (κ1) is 24.2. The Morgan fingerprint density at radius 3 is 2.67 bits per heavy atom. The number of rotatable bonds is 12. The molecule has 1 aliphatic carbocycles. The molecule has 0 radical (unpaired) electrons. The molecule has 0 aromatic carbocycles. The van der Waals surface area contributed by atoms with Gasteiger partial charge in [0.15, 0.2) is 0 Å². The highest BCUT2D eigenvalue weighted by Gasteiger charge is 2.39. The maximum Gasteiger partial charge on any atom is 0.305 e. The predicted octanol–water partition coefficient (Wildman–Crippen LogP) is 3.35. The van der Waals surface area contributed by atoms with Gasteiger partial charge in [-0.15, -0.1) is 11.6 Å². The molecule has 0 aromatic heterocycles. The molecule has 3 N–H and O–H groups in total. The quantitative estimate of drug-likeness (QED) is 0.202. The molecule has 1 rings (SSSR count). The second-order valence-electron chi connectivity index (χ2n) is 7.47. The van der Waals surface area contributed by atoms with Crippen molar-refractivity contribution in [3.05, 3.63) is 24.3 Å². The lowest BCUT2D eigenvalue weighted by molar-refractivity contribution is -0.140. The van der Waals surface area contributed by atoms with Crippen molar-refractivity contribution in [1.82, 2.24) is 0 Å². The summed E-state index contributed by atoms with van der Waals surface area (Å²) in [4.78, 5) is 11.1. The highest BCUT2D eigenvalue weighted by Crippen LogP contribution is 2.39. The van der Waals surface area contributed by atoms with Crippen LogP contribution in [-0.2, 0) is 9.53 Å². The summed E-state index contributed by atoms with van der Waals surface area (Å²) in [5, 5.41) is 29.5. The summed E-state index contributed by atoms with van der Waals surface area (Å²) in [6.07, 6.45) is 11.7. The molecule has 0 aliphatic heterocycles. The highest BCUT2D eigenvalue weighted by molar-refractivity contribution is 6.21. The Morgan fingerprint density at radius 1 is 1.26 bits per heavy atom. The first-order valence-corrected chi connectivity index (χ1v) is 10.4. The standard InChI is InChI=1S/C21H35ClO5/c1-15(23)8-7-9-16(24)12-13-18-17(19(22)14-20(18)25)10-5-3-4-6-11-21(26)27-2/h3,5,12-13,15-20,23-25H,4,6-11,14H2,1-2H3/b5-3-,13-12+/t15-,16+,17-,18-,19-,20-/m1/s1. The normalized spacial score (nSPS) is 28.1. The number of carbonyl (C=O) groups is 1. The van der Waals surface area contributed by atoms with Crippen LogP contribution in [0.1, 0.15) is 58.3 Å². The van der Waals surface area contributed by atoms with Gasteiger partial charge < -0.3 is 20.1 Å². The van der Waals surface area contributed by atoms with Crippen LogP contribution in [0.25, 0.3) is 0 Å². The summed E-state index contributed by atoms with van der Waals surface area (Å²) >= 11 is 6.42. The summed E-state index contributed by atoms with van der Waals surface area (Å²) in [5.74, 6) is -0.140. The van der Waals surface area contributed by atoms with Crippen LogP contribution in [0.15, 0.2) is 24.3 Å². The monoisotopic (exact) mass is 402 g/mol. The van der Waals surface area contributed by atoms with Crippen LogP contribution in [0.4, 0.5) is 0 Å². The van der Waals surface area contributed by atoms with E-state index in [9.17, 15) is 20.1 Å². The van der Waals surface area contributed by atoms with E-state index in [0.29, 0.717) is 25.7 Å². The van der Waals surface area contributed by atoms with Gasteiger partial charge in [-0.05, 0) is 57.8 Å². The molecule has 1 saturated carbocycles. The predicted molar refractivity (Wildman–Crippen MR) is 108 cm³/mol. The molecule has 0 unspecified atom stereocenters. The minimum absolute atomic E-state index is 0.0707. The van der Waals surface area contributed by atoms with E-state index < -0.39 is 12.2 Å². The van der Waals surface area contributed by atoms with Crippen LogP contribution in [-0.4, -0.2) is 52.1 Å². The fourth-order valence-electron chi connectivity index (χ4n) is 3.48. The Hall–Kier alpha value is -0.880. The molecule has 0 spiro atoms. The maximum absolute atomic E-state index is 11.1. The third-order valence-electron chi connectivity index (χ3n) is 5.10. The van der Waals surface area contributed by atoms with Crippen molar-refractivity contribution in [3.63, 3.8) is 0 Å². The summed E-state index contributed by atoms with van der Waals surface area (Å²) in [6, 6.07) is 0. The van der Waals surface area contributed by atoms with E-state index in [2.05, 4.69) is 10.8 Å². The average molecular weight is 403 g/mol. The van der Waals surface area contributed by atoms with Crippen LogP contribution in [0.5, 0.6) is 0 Å². The fraction of sp³-hybridized carbons (Fsp3) is 0.762. The number of alkyl halides is 1. The van der Waals surface area contributed by atoms with E-state index in [1.54, 1.807) is 13.0 Å². The number of unbranched alkanes of at least 4 members (excludes halogenated alkanes) is 1. The number of ether oxygens (including phenoxy) is 1. The Labute approximate surface area is 168 Å². The van der Waals surface area contributed by atoms with Crippen molar-refractivity contribution in [2.45, 2.75) is 82.0 Å². The van der Waals surface area contributed by atoms with E-state index in [0.717, 1.165) is 25.7 Å². The number of carbonyl (C=O) groups excluding carboxylic acids is 1. The third-order valence-corrected chi connectivity index (χ3v) is 5.60. The number of halogens is 1. The molecule has 0 saturated heterocycles.